The summed E-state index contributed by atoms with van der Waals surface area (Å²) in [4.78, 5) is 23.6. The maximum atomic E-state index is 12.9. The molecule has 2 heterocycles. The number of fused-ring (bicyclic) bond motifs is 1. The van der Waals surface area contributed by atoms with Gasteiger partial charge in [-0.25, -0.2) is 9.18 Å². The molecule has 8 heteroatoms. The highest BCUT2D eigenvalue weighted by atomic mass is 19.1. The third kappa shape index (κ3) is 6.27. The van der Waals surface area contributed by atoms with Crippen molar-refractivity contribution in [2.24, 2.45) is 0 Å². The van der Waals surface area contributed by atoms with Crippen LogP contribution < -0.4 is 10.6 Å². The fraction of sp³-hybridized carbons (Fsp3) is 0.364. The van der Waals surface area contributed by atoms with E-state index in [2.05, 4.69) is 27.7 Å². The predicted octanol–water partition coefficient (Wildman–Crippen LogP) is 3.25. The van der Waals surface area contributed by atoms with Gasteiger partial charge in [0.15, 0.2) is 0 Å². The molecule has 0 aromatic heterocycles. The van der Waals surface area contributed by atoms with E-state index in [0.717, 1.165) is 26.4 Å². The molecule has 160 valence electrons. The molecule has 2 aromatic rings. The molecule has 0 spiro atoms. The van der Waals surface area contributed by atoms with Crippen LogP contribution in [0.5, 0.6) is 0 Å². The summed E-state index contributed by atoms with van der Waals surface area (Å²) in [7, 11) is 0. The fourth-order valence-electron chi connectivity index (χ4n) is 3.73. The second-order valence-electron chi connectivity index (χ2n) is 7.40. The minimum atomic E-state index is -0.833. The first kappa shape index (κ1) is 21.7. The fourth-order valence-corrected chi connectivity index (χ4v) is 3.73. The Kier molecular flexibility index (Phi) is 7.37. The second-order valence-corrected chi connectivity index (χ2v) is 7.40. The summed E-state index contributed by atoms with van der Waals surface area (Å²) in [5.74, 6) is -1.16. The molecule has 2 aliphatic rings. The number of carboxylic acid groups (broad SMARTS) is 1. The third-order valence-corrected chi connectivity index (χ3v) is 5.03. The van der Waals surface area contributed by atoms with E-state index >= 15 is 0 Å². The molecule has 4 rings (SSSR count). The Morgan fingerprint density at radius 1 is 1.10 bits per heavy atom. The Labute approximate surface area is 174 Å². The first-order valence-electron chi connectivity index (χ1n) is 9.84. The largest absolute Gasteiger partial charge is 0.481 e. The lowest BCUT2D eigenvalue weighted by Crippen LogP contribution is -2.43. The van der Waals surface area contributed by atoms with Crippen molar-refractivity contribution in [2.75, 3.05) is 25.0 Å². The number of benzene rings is 2. The van der Waals surface area contributed by atoms with Crippen LogP contribution in [-0.4, -0.2) is 53.8 Å². The molecule has 2 amide bonds. The molecule has 3 N–H and O–H groups in total. The Morgan fingerprint density at radius 3 is 2.43 bits per heavy atom. The van der Waals surface area contributed by atoms with Crippen molar-refractivity contribution in [3.05, 3.63) is 66.0 Å². The number of halogens is 1. The van der Waals surface area contributed by atoms with E-state index in [0.29, 0.717) is 18.3 Å². The van der Waals surface area contributed by atoms with E-state index in [4.69, 9.17) is 14.6 Å². The van der Waals surface area contributed by atoms with Crippen molar-refractivity contribution >= 4 is 17.7 Å². The maximum Gasteiger partial charge on any atom is 0.319 e. The van der Waals surface area contributed by atoms with Gasteiger partial charge in [0.1, 0.15) is 5.82 Å². The standard InChI is InChI=1S/C20H22FN3O2.C2H4O2/c21-15-6-8-16(9-7-15)22-20(25)23-17-10-18-13-26-19(12-24(18)11-17)14-4-2-1-3-5-14;1-2(3)4/h1-9,17-19H,10-13H2,(H2,22,23,25);1H3,(H,3,4)/t17-,18+,19-;/m1./s1. The van der Waals surface area contributed by atoms with Crippen molar-refractivity contribution < 1.29 is 23.8 Å². The van der Waals surface area contributed by atoms with E-state index in [9.17, 15) is 9.18 Å². The Morgan fingerprint density at radius 2 is 1.77 bits per heavy atom. The van der Waals surface area contributed by atoms with Gasteiger partial charge in [-0.15, -0.1) is 0 Å². The lowest BCUT2D eigenvalue weighted by Gasteiger charge is -2.35. The van der Waals surface area contributed by atoms with Crippen LogP contribution in [0, 0.1) is 5.82 Å². The zero-order chi connectivity index (χ0) is 21.5. The van der Waals surface area contributed by atoms with Gasteiger partial charge in [0.05, 0.1) is 12.7 Å². The van der Waals surface area contributed by atoms with Gasteiger partial charge in [0, 0.05) is 37.8 Å². The predicted molar refractivity (Wildman–Crippen MR) is 111 cm³/mol. The summed E-state index contributed by atoms with van der Waals surface area (Å²) in [6.45, 7) is 3.41. The quantitative estimate of drug-likeness (QED) is 0.716. The molecule has 0 aliphatic carbocycles. The number of morpholine rings is 1. The molecule has 7 nitrogen and oxygen atoms in total. The normalized spacial score (nSPS) is 22.9. The zero-order valence-electron chi connectivity index (χ0n) is 16.8. The number of nitrogens with zero attached hydrogens (tertiary/aromatic N) is 1. The highest BCUT2D eigenvalue weighted by Gasteiger charge is 2.38. The van der Waals surface area contributed by atoms with Gasteiger partial charge in [0.2, 0.25) is 0 Å². The highest BCUT2D eigenvalue weighted by Crippen LogP contribution is 2.30. The number of carbonyl (C=O) groups is 2. The van der Waals surface area contributed by atoms with Crippen molar-refractivity contribution in [1.29, 1.82) is 0 Å². The van der Waals surface area contributed by atoms with Crippen molar-refractivity contribution in [3.63, 3.8) is 0 Å². The number of carboxylic acids is 1. The number of aliphatic carboxylic acids is 1. The van der Waals surface area contributed by atoms with E-state index in [-0.39, 0.29) is 24.0 Å². The summed E-state index contributed by atoms with van der Waals surface area (Å²) in [5.41, 5.74) is 1.77. The molecule has 0 radical (unpaired) electrons. The molecule has 2 aliphatic heterocycles. The Hall–Kier alpha value is -2.97. The molecule has 2 fully saturated rings. The molecular weight excluding hydrogens is 389 g/mol. The molecule has 2 saturated heterocycles. The highest BCUT2D eigenvalue weighted by molar-refractivity contribution is 5.89. The summed E-state index contributed by atoms with van der Waals surface area (Å²) in [6, 6.07) is 16.1. The Bertz CT molecular complexity index is 843. The summed E-state index contributed by atoms with van der Waals surface area (Å²) in [5, 5.41) is 13.2. The summed E-state index contributed by atoms with van der Waals surface area (Å²) in [6.07, 6.45) is 0.956. The van der Waals surface area contributed by atoms with Crippen LogP contribution in [0.25, 0.3) is 0 Å². The first-order valence-corrected chi connectivity index (χ1v) is 9.84. The molecule has 0 unspecified atom stereocenters. The molecular formula is C22H26FN3O4. The van der Waals surface area contributed by atoms with Crippen LogP contribution in [0.15, 0.2) is 54.6 Å². The van der Waals surface area contributed by atoms with Gasteiger partial charge in [-0.3, -0.25) is 9.69 Å². The Balaban J connectivity index is 0.000000589. The number of anilines is 1. The minimum absolute atomic E-state index is 0.0820. The average Bonchev–Trinajstić information content (AvgIpc) is 3.11. The minimum Gasteiger partial charge on any atom is -0.481 e. The van der Waals surface area contributed by atoms with Crippen molar-refractivity contribution in [2.45, 2.75) is 31.5 Å². The van der Waals surface area contributed by atoms with Gasteiger partial charge in [-0.1, -0.05) is 30.3 Å². The number of carbonyl (C=O) groups excluding carboxylic acids is 1. The van der Waals surface area contributed by atoms with Crippen LogP contribution in [-0.2, 0) is 9.53 Å². The average molecular weight is 415 g/mol. The lowest BCUT2D eigenvalue weighted by molar-refractivity contribution is -0.134. The van der Waals surface area contributed by atoms with Crippen molar-refractivity contribution in [3.8, 4) is 0 Å². The molecule has 3 atom stereocenters. The van der Waals surface area contributed by atoms with E-state index in [1.165, 1.54) is 17.7 Å². The topological polar surface area (TPSA) is 90.9 Å². The van der Waals surface area contributed by atoms with Gasteiger partial charge < -0.3 is 20.5 Å². The SMILES string of the molecule is CC(=O)O.O=C(Nc1ccc(F)cc1)N[C@@H]1C[C@H]2CO[C@@H](c3ccccc3)CN2C1. The molecule has 0 bridgehead atoms. The third-order valence-electron chi connectivity index (χ3n) is 5.03. The number of hydrogen-bond donors (Lipinski definition) is 3. The number of urea groups is 1. The van der Waals surface area contributed by atoms with Crippen LogP contribution in [0.4, 0.5) is 14.9 Å². The number of rotatable bonds is 3. The summed E-state index contributed by atoms with van der Waals surface area (Å²) >= 11 is 0. The van der Waals surface area contributed by atoms with Gasteiger partial charge in [-0.2, -0.15) is 0 Å². The number of nitrogens with one attached hydrogen (secondary N) is 2. The number of ether oxygens (including phenoxy) is 1. The van der Waals surface area contributed by atoms with Gasteiger partial charge in [-0.05, 0) is 36.2 Å². The smallest absolute Gasteiger partial charge is 0.319 e. The molecule has 0 saturated carbocycles. The van der Waals surface area contributed by atoms with Crippen LogP contribution >= 0.6 is 0 Å². The van der Waals surface area contributed by atoms with Gasteiger partial charge in [0.25, 0.3) is 5.97 Å². The number of hydrogen-bond acceptors (Lipinski definition) is 4. The zero-order valence-corrected chi connectivity index (χ0v) is 16.8. The molecule has 2 aromatic carbocycles. The monoisotopic (exact) mass is 415 g/mol. The summed E-state index contributed by atoms with van der Waals surface area (Å²) < 4.78 is 19.0. The second kappa shape index (κ2) is 10.2. The first-order chi connectivity index (χ1) is 14.4. The van der Waals surface area contributed by atoms with Crippen LogP contribution in [0.2, 0.25) is 0 Å². The van der Waals surface area contributed by atoms with Gasteiger partial charge >= 0.3 is 6.03 Å². The number of amides is 2. The van der Waals surface area contributed by atoms with E-state index in [1.807, 2.05) is 18.2 Å². The lowest BCUT2D eigenvalue weighted by atomic mass is 10.1. The molecule has 30 heavy (non-hydrogen) atoms. The van der Waals surface area contributed by atoms with Crippen LogP contribution in [0.1, 0.15) is 25.0 Å². The van der Waals surface area contributed by atoms with Crippen LogP contribution in [0.3, 0.4) is 0 Å². The maximum absolute atomic E-state index is 12.9. The van der Waals surface area contributed by atoms with E-state index < -0.39 is 5.97 Å². The van der Waals surface area contributed by atoms with Crippen molar-refractivity contribution in [1.82, 2.24) is 10.2 Å². The van der Waals surface area contributed by atoms with E-state index in [1.54, 1.807) is 12.1 Å².